The van der Waals surface area contributed by atoms with Crippen LogP contribution in [0.3, 0.4) is 0 Å². The zero-order valence-corrected chi connectivity index (χ0v) is 11.4. The van der Waals surface area contributed by atoms with E-state index >= 15 is 0 Å². The molecule has 0 radical (unpaired) electrons. The normalized spacial score (nSPS) is 20.0. The van der Waals surface area contributed by atoms with E-state index in [9.17, 15) is 0 Å². The maximum atomic E-state index is 5.87. The third-order valence-electron chi connectivity index (χ3n) is 3.93. The van der Waals surface area contributed by atoms with E-state index in [-0.39, 0.29) is 0 Å². The molecule has 0 unspecified atom stereocenters. The number of fused-ring (bicyclic) bond motifs is 1. The third-order valence-corrected chi connectivity index (χ3v) is 3.93. The zero-order valence-electron chi connectivity index (χ0n) is 11.4. The summed E-state index contributed by atoms with van der Waals surface area (Å²) in [4.78, 5) is 11.1. The summed E-state index contributed by atoms with van der Waals surface area (Å²) in [5.41, 5.74) is 2.29. The summed E-state index contributed by atoms with van der Waals surface area (Å²) < 4.78 is 5.87. The molecule has 19 heavy (non-hydrogen) atoms. The lowest BCUT2D eigenvalue weighted by atomic mass is 10.1. The molecule has 0 aliphatic carbocycles. The molecule has 0 bridgehead atoms. The molecular formula is C14H22N4O. The van der Waals surface area contributed by atoms with Gasteiger partial charge in [-0.1, -0.05) is 6.42 Å². The van der Waals surface area contributed by atoms with Crippen LogP contribution >= 0.6 is 0 Å². The lowest BCUT2D eigenvalue weighted by Crippen LogP contribution is -2.33. The van der Waals surface area contributed by atoms with E-state index in [1.165, 1.54) is 32.4 Å². The van der Waals surface area contributed by atoms with Crippen LogP contribution in [-0.4, -0.2) is 47.7 Å². The van der Waals surface area contributed by atoms with Crippen LogP contribution in [0.15, 0.2) is 6.33 Å². The van der Waals surface area contributed by atoms with E-state index in [0.29, 0.717) is 0 Å². The Kier molecular flexibility index (Phi) is 4.25. The molecule has 3 rings (SSSR count). The molecule has 104 valence electrons. The molecule has 0 amide bonds. The van der Waals surface area contributed by atoms with Gasteiger partial charge in [-0.2, -0.15) is 0 Å². The Balaban J connectivity index is 1.54. The zero-order chi connectivity index (χ0) is 12.9. The summed E-state index contributed by atoms with van der Waals surface area (Å²) in [5, 5.41) is 3.35. The van der Waals surface area contributed by atoms with Crippen molar-refractivity contribution < 1.29 is 4.74 Å². The molecule has 1 fully saturated rings. The topological polar surface area (TPSA) is 50.3 Å². The monoisotopic (exact) mass is 262 g/mol. The quantitative estimate of drug-likeness (QED) is 0.877. The summed E-state index contributed by atoms with van der Waals surface area (Å²) in [6, 6.07) is 0. The fourth-order valence-corrected chi connectivity index (χ4v) is 2.82. The lowest BCUT2D eigenvalue weighted by Gasteiger charge is -2.26. The highest BCUT2D eigenvalue weighted by Gasteiger charge is 2.16. The Morgan fingerprint density at radius 1 is 1.21 bits per heavy atom. The van der Waals surface area contributed by atoms with Crippen LogP contribution in [0.2, 0.25) is 0 Å². The third kappa shape index (κ3) is 3.22. The highest BCUT2D eigenvalue weighted by molar-refractivity contribution is 5.31. The molecule has 1 saturated heterocycles. The predicted molar refractivity (Wildman–Crippen MR) is 73.2 cm³/mol. The smallest absolute Gasteiger partial charge is 0.221 e. The van der Waals surface area contributed by atoms with Crippen LogP contribution in [0.1, 0.15) is 30.5 Å². The SMILES string of the molecule is c1nc2c(c(OCCN3CCCCC3)n1)CNCC2. The Labute approximate surface area is 114 Å². The van der Waals surface area contributed by atoms with Crippen LogP contribution in [0.25, 0.3) is 0 Å². The molecule has 1 aromatic heterocycles. The highest BCUT2D eigenvalue weighted by Crippen LogP contribution is 2.20. The molecule has 5 heteroatoms. The van der Waals surface area contributed by atoms with Crippen molar-refractivity contribution in [1.82, 2.24) is 20.2 Å². The van der Waals surface area contributed by atoms with Gasteiger partial charge in [0.05, 0.1) is 5.69 Å². The Morgan fingerprint density at radius 2 is 2.11 bits per heavy atom. The van der Waals surface area contributed by atoms with E-state index in [1.54, 1.807) is 6.33 Å². The number of rotatable bonds is 4. The minimum Gasteiger partial charge on any atom is -0.476 e. The molecule has 5 nitrogen and oxygen atoms in total. The Hall–Kier alpha value is -1.20. The first-order valence-corrected chi connectivity index (χ1v) is 7.32. The van der Waals surface area contributed by atoms with E-state index in [4.69, 9.17) is 4.74 Å². The number of nitrogens with zero attached hydrogens (tertiary/aromatic N) is 3. The fraction of sp³-hybridized carbons (Fsp3) is 0.714. The largest absolute Gasteiger partial charge is 0.476 e. The predicted octanol–water partition coefficient (Wildman–Crippen LogP) is 0.987. The van der Waals surface area contributed by atoms with Crippen molar-refractivity contribution in [1.29, 1.82) is 0 Å². The second-order valence-electron chi connectivity index (χ2n) is 5.28. The summed E-state index contributed by atoms with van der Waals surface area (Å²) in [6.45, 7) is 5.99. The molecule has 0 spiro atoms. The van der Waals surface area contributed by atoms with Crippen molar-refractivity contribution in [2.45, 2.75) is 32.2 Å². The number of likely N-dealkylation sites (tertiary alicyclic amines) is 1. The second kappa shape index (κ2) is 6.30. The first-order chi connectivity index (χ1) is 9.43. The van der Waals surface area contributed by atoms with Crippen molar-refractivity contribution in [3.05, 3.63) is 17.6 Å². The molecule has 3 heterocycles. The number of piperidine rings is 1. The summed E-state index contributed by atoms with van der Waals surface area (Å²) in [6.07, 6.45) is 6.63. The van der Waals surface area contributed by atoms with Gasteiger partial charge in [0, 0.05) is 31.6 Å². The van der Waals surface area contributed by atoms with Crippen LogP contribution < -0.4 is 10.1 Å². The van der Waals surface area contributed by atoms with E-state index in [1.807, 2.05) is 0 Å². The lowest BCUT2D eigenvalue weighted by molar-refractivity contribution is 0.179. The van der Waals surface area contributed by atoms with Crippen molar-refractivity contribution in [3.8, 4) is 5.88 Å². The van der Waals surface area contributed by atoms with Gasteiger partial charge >= 0.3 is 0 Å². The fourth-order valence-electron chi connectivity index (χ4n) is 2.82. The van der Waals surface area contributed by atoms with Gasteiger partial charge in [-0.05, 0) is 25.9 Å². The first kappa shape index (κ1) is 12.8. The van der Waals surface area contributed by atoms with Gasteiger partial charge in [0.15, 0.2) is 0 Å². The van der Waals surface area contributed by atoms with Crippen LogP contribution in [0.4, 0.5) is 0 Å². The average Bonchev–Trinajstić information content (AvgIpc) is 2.49. The molecular weight excluding hydrogens is 240 g/mol. The van der Waals surface area contributed by atoms with Gasteiger partial charge in [-0.15, -0.1) is 0 Å². The van der Waals surface area contributed by atoms with Gasteiger partial charge in [0.1, 0.15) is 12.9 Å². The van der Waals surface area contributed by atoms with E-state index in [0.717, 1.165) is 49.8 Å². The minimum absolute atomic E-state index is 0.726. The van der Waals surface area contributed by atoms with Crippen molar-refractivity contribution >= 4 is 0 Å². The maximum Gasteiger partial charge on any atom is 0.221 e. The minimum atomic E-state index is 0.726. The highest BCUT2D eigenvalue weighted by atomic mass is 16.5. The van der Waals surface area contributed by atoms with Gasteiger partial charge in [-0.25, -0.2) is 9.97 Å². The van der Waals surface area contributed by atoms with Crippen LogP contribution in [-0.2, 0) is 13.0 Å². The summed E-state index contributed by atoms with van der Waals surface area (Å²) in [7, 11) is 0. The first-order valence-electron chi connectivity index (χ1n) is 7.32. The summed E-state index contributed by atoms with van der Waals surface area (Å²) >= 11 is 0. The molecule has 0 saturated carbocycles. The standard InChI is InChI=1S/C14H22N4O/c1-2-6-18(7-3-1)8-9-19-14-12-10-15-5-4-13(12)16-11-17-14/h11,15H,1-10H2. The van der Waals surface area contributed by atoms with Crippen molar-refractivity contribution in [2.75, 3.05) is 32.8 Å². The van der Waals surface area contributed by atoms with Gasteiger partial charge in [0.2, 0.25) is 5.88 Å². The number of nitrogens with one attached hydrogen (secondary N) is 1. The Bertz CT molecular complexity index is 418. The maximum absolute atomic E-state index is 5.87. The van der Waals surface area contributed by atoms with Crippen LogP contribution in [0, 0.1) is 0 Å². The molecule has 1 aromatic rings. The molecule has 2 aliphatic heterocycles. The number of hydrogen-bond donors (Lipinski definition) is 1. The van der Waals surface area contributed by atoms with Gasteiger partial charge in [0.25, 0.3) is 0 Å². The van der Waals surface area contributed by atoms with Crippen molar-refractivity contribution in [2.24, 2.45) is 0 Å². The van der Waals surface area contributed by atoms with Crippen molar-refractivity contribution in [3.63, 3.8) is 0 Å². The number of aromatic nitrogens is 2. The number of ether oxygens (including phenoxy) is 1. The number of hydrogen-bond acceptors (Lipinski definition) is 5. The summed E-state index contributed by atoms with van der Waals surface area (Å²) in [5.74, 6) is 0.772. The van der Waals surface area contributed by atoms with Gasteiger partial charge < -0.3 is 10.1 Å². The molecule has 2 aliphatic rings. The van der Waals surface area contributed by atoms with Gasteiger partial charge in [-0.3, -0.25) is 4.90 Å². The molecule has 0 aromatic carbocycles. The average molecular weight is 262 g/mol. The van der Waals surface area contributed by atoms with E-state index < -0.39 is 0 Å². The second-order valence-corrected chi connectivity index (χ2v) is 5.28. The Morgan fingerprint density at radius 3 is 3.00 bits per heavy atom. The van der Waals surface area contributed by atoms with Crippen LogP contribution in [0.5, 0.6) is 5.88 Å². The molecule has 1 N–H and O–H groups in total. The molecule has 0 atom stereocenters. The van der Waals surface area contributed by atoms with E-state index in [2.05, 4.69) is 20.2 Å².